The van der Waals surface area contributed by atoms with Crippen molar-refractivity contribution >= 4 is 23.8 Å². The quantitative estimate of drug-likeness (QED) is 0.0583. The van der Waals surface area contributed by atoms with Gasteiger partial charge in [-0.15, -0.1) is 6.92 Å². The molecule has 2 saturated carbocycles. The monoisotopic (exact) mass is 1200 g/mol. The average Bonchev–Trinajstić information content (AvgIpc) is 3.80. The fourth-order valence-corrected chi connectivity index (χ4v) is 11.5. The van der Waals surface area contributed by atoms with Gasteiger partial charge < -0.3 is 44.1 Å². The van der Waals surface area contributed by atoms with Gasteiger partial charge in [0.05, 0.1) is 37.3 Å². The third-order valence-electron chi connectivity index (χ3n) is 16.2. The maximum atomic E-state index is 14.1. The zero-order valence-corrected chi connectivity index (χ0v) is 48.2. The summed E-state index contributed by atoms with van der Waals surface area (Å²) >= 11 is 0. The third kappa shape index (κ3) is 16.6. The Kier molecular flexibility index (Phi) is 24.4. The van der Waals surface area contributed by atoms with E-state index in [1.807, 2.05) is 50.2 Å². The van der Waals surface area contributed by atoms with Crippen LogP contribution >= 0.6 is 0 Å². The number of unbranched alkanes of at least 4 members (excludes halogenated alkanes) is 14. The Morgan fingerprint density at radius 2 is 1.39 bits per heavy atom. The van der Waals surface area contributed by atoms with Crippen LogP contribution in [0.4, 0.5) is 4.79 Å². The summed E-state index contributed by atoms with van der Waals surface area (Å²) in [6.45, 7) is 11.3. The second-order valence-electron chi connectivity index (χ2n) is 21.4. The van der Waals surface area contributed by atoms with Crippen molar-refractivity contribution in [1.82, 2.24) is 0 Å². The Hall–Kier alpha value is -2.79. The van der Waals surface area contributed by atoms with E-state index in [2.05, 4.69) is 20.8 Å². The van der Waals surface area contributed by atoms with E-state index in [1.165, 1.54) is 83.5 Å². The molecular formula is C58H84AcNO11-. The summed E-state index contributed by atoms with van der Waals surface area (Å²) in [4.78, 5) is 51.8. The van der Waals surface area contributed by atoms with Crippen LogP contribution in [0.15, 0.2) is 71.8 Å². The van der Waals surface area contributed by atoms with Crippen molar-refractivity contribution in [2.45, 2.75) is 200 Å². The normalized spacial score (nSPS) is 27.6. The van der Waals surface area contributed by atoms with Gasteiger partial charge in [0.15, 0.2) is 6.29 Å². The van der Waals surface area contributed by atoms with Crippen LogP contribution < -0.4 is 5.73 Å². The Bertz CT molecular complexity index is 2000. The predicted molar refractivity (Wildman–Crippen MR) is 269 cm³/mol. The molecule has 1 radical (unpaired) electrons. The molecule has 3 N–H and O–H groups in total. The van der Waals surface area contributed by atoms with E-state index in [4.69, 9.17) is 34.2 Å². The molecule has 71 heavy (non-hydrogen) atoms. The zero-order chi connectivity index (χ0) is 50.1. The maximum Gasteiger partial charge on any atom is 0.509 e. The molecule has 0 spiro atoms. The number of ketones is 1. The first kappa shape index (κ1) is 59.1. The van der Waals surface area contributed by atoms with Gasteiger partial charge in [-0.25, -0.2) is 9.59 Å². The molecule has 10 atom stereocenters. The Balaban J connectivity index is 0.000000843. The van der Waals surface area contributed by atoms with Gasteiger partial charge in [0.1, 0.15) is 12.7 Å². The first-order chi connectivity index (χ1) is 33.7. The van der Waals surface area contributed by atoms with Gasteiger partial charge in [0, 0.05) is 73.8 Å². The number of hydrogen-bond donors (Lipinski definition) is 2. The van der Waals surface area contributed by atoms with E-state index in [9.17, 15) is 24.3 Å². The predicted octanol–water partition coefficient (Wildman–Crippen LogP) is 11.4. The topological polar surface area (TPSA) is 170 Å². The molecule has 2 aromatic carbocycles. The van der Waals surface area contributed by atoms with E-state index in [0.717, 1.165) is 36.0 Å². The van der Waals surface area contributed by atoms with E-state index < -0.39 is 42.0 Å². The van der Waals surface area contributed by atoms with Crippen LogP contribution in [0.2, 0.25) is 0 Å². The number of carbonyl (C=O) groups excluding carboxylic acids is 4. The number of amides is 1. The van der Waals surface area contributed by atoms with E-state index in [1.54, 1.807) is 30.7 Å². The number of benzene rings is 2. The number of esters is 1. The standard InChI is InChI=1S/C51H77O10.C7H7NO.Ac/c1-6-7-8-9-10-11-12-13-14-15-16-17-18-19-23-26-47-57-32-38(59-47)33-58-49(55)61-44(27-36-24-21-20-22-25-36)48(54)60-42-29-37-28-41-39-34-56-43(39)31-46(53)51(41,5)45(52)30-40(35(42)2)50(37,3)4;8-7(9)6-4-2-1-3-5-6;/h20-22,24-25,30,37-39,41-44,46-47,53H,6-19,23,26-29,31-34H2,1-5H3;1-5H,(H2,8,9);/q-1;;/t37?,38?,39?,41?,42-,43?,44?,46?,47?,51?;;/m0../s1. The van der Waals surface area contributed by atoms with Gasteiger partial charge in [-0.1, -0.05) is 166 Å². The summed E-state index contributed by atoms with van der Waals surface area (Å²) in [5.74, 6) is -0.904. The smallest absolute Gasteiger partial charge is 0.474 e. The largest absolute Gasteiger partial charge is 0.509 e. The van der Waals surface area contributed by atoms with Gasteiger partial charge in [-0.3, -0.25) is 4.79 Å². The number of Topliss-reactive ketones (excluding diaryl/α,β-unsaturated/α-hetero) is 1. The van der Waals surface area contributed by atoms with Crippen molar-refractivity contribution in [3.8, 4) is 0 Å². The number of aliphatic hydroxyl groups is 1. The summed E-state index contributed by atoms with van der Waals surface area (Å²) in [7, 11) is 0. The minimum Gasteiger partial charge on any atom is -0.474 e. The molecule has 0 aromatic heterocycles. The number of allylic oxidation sites excluding steroid dienone is 1. The summed E-state index contributed by atoms with van der Waals surface area (Å²) in [6.07, 6.45) is 19.8. The summed E-state index contributed by atoms with van der Waals surface area (Å²) < 4.78 is 35.2. The molecule has 2 aromatic rings. The van der Waals surface area contributed by atoms with Crippen molar-refractivity contribution in [3.05, 3.63) is 89.4 Å². The third-order valence-corrected chi connectivity index (χ3v) is 16.2. The Morgan fingerprint density at radius 3 is 1.96 bits per heavy atom. The molecule has 1 amide bonds. The number of hydrogen-bond acceptors (Lipinski definition) is 11. The molecule has 2 aliphatic heterocycles. The van der Waals surface area contributed by atoms with Gasteiger partial charge >= 0.3 is 12.1 Å². The summed E-state index contributed by atoms with van der Waals surface area (Å²) in [5, 5.41) is 11.3. The molecule has 391 valence electrons. The molecule has 7 rings (SSSR count). The van der Waals surface area contributed by atoms with Gasteiger partial charge in [-0.2, -0.15) is 17.6 Å². The second kappa shape index (κ2) is 29.3. The van der Waals surface area contributed by atoms with Crippen LogP contribution in [-0.2, 0) is 44.4 Å². The molecule has 4 fully saturated rings. The SMILES string of the molecule is CCCCCCCCCCCCCCCCCC1OCC(COC(=O)OC(Cc2ccccc2)C(=O)O[C@H]2CC3CC4C5COC5CC(O)C4(C)C(=O)[CH-]C(=C2C)C3(C)C)O1.NC(=O)c1ccccc1.[Ac]. The molecule has 5 aliphatic rings. The van der Waals surface area contributed by atoms with Crippen LogP contribution in [0, 0.1) is 79.1 Å². The minimum atomic E-state index is -1.25. The van der Waals surface area contributed by atoms with Crippen LogP contribution in [0.1, 0.15) is 173 Å². The van der Waals surface area contributed by atoms with Crippen LogP contribution in [0.5, 0.6) is 0 Å². The summed E-state index contributed by atoms with van der Waals surface area (Å²) in [6, 6.07) is 18.1. The Labute approximate surface area is 460 Å². The van der Waals surface area contributed by atoms with Crippen LogP contribution in [0.25, 0.3) is 0 Å². The number of nitrogens with two attached hydrogens (primary N) is 1. The molecule has 3 aliphatic carbocycles. The Morgan fingerprint density at radius 1 is 0.803 bits per heavy atom. The van der Waals surface area contributed by atoms with Crippen molar-refractivity contribution in [2.75, 3.05) is 19.8 Å². The van der Waals surface area contributed by atoms with Crippen molar-refractivity contribution in [3.63, 3.8) is 0 Å². The molecule has 12 nitrogen and oxygen atoms in total. The van der Waals surface area contributed by atoms with E-state index in [-0.39, 0.29) is 104 Å². The van der Waals surface area contributed by atoms with E-state index in [0.29, 0.717) is 38.0 Å². The summed E-state index contributed by atoms with van der Waals surface area (Å²) in [5.41, 5.74) is 6.74. The molecule has 2 heterocycles. The minimum absolute atomic E-state index is 0. The molecule has 2 bridgehead atoms. The first-order valence-electron chi connectivity index (χ1n) is 26.8. The first-order valence-corrected chi connectivity index (χ1v) is 26.8. The number of ether oxygens (including phenoxy) is 6. The van der Waals surface area contributed by atoms with E-state index >= 15 is 0 Å². The fourth-order valence-electron chi connectivity index (χ4n) is 11.5. The number of fused-ring (bicyclic) bond motifs is 5. The fraction of sp³-hybridized carbons (Fsp3) is 0.672. The number of primary amides is 1. The second-order valence-corrected chi connectivity index (χ2v) is 21.4. The average molecular weight is 1200 g/mol. The molecular weight excluding hydrogens is 1110 g/mol. The molecule has 9 unspecified atom stereocenters. The van der Waals surface area contributed by atoms with Crippen LogP contribution in [0.3, 0.4) is 0 Å². The van der Waals surface area contributed by atoms with Gasteiger partial charge in [0.2, 0.25) is 12.0 Å². The van der Waals surface area contributed by atoms with Crippen molar-refractivity contribution in [2.24, 2.45) is 34.3 Å². The molecule has 13 heteroatoms. The van der Waals surface area contributed by atoms with Gasteiger partial charge in [0.25, 0.3) is 0 Å². The maximum absolute atomic E-state index is 14.1. The zero-order valence-electron chi connectivity index (χ0n) is 43.5. The molecule has 2 saturated heterocycles. The van der Waals surface area contributed by atoms with Crippen molar-refractivity contribution in [1.29, 1.82) is 0 Å². The van der Waals surface area contributed by atoms with Crippen LogP contribution in [-0.4, -0.2) is 85.6 Å². The number of aliphatic hydroxyl groups excluding tert-OH is 1. The van der Waals surface area contributed by atoms with Gasteiger partial charge in [-0.05, 0) is 60.6 Å². The van der Waals surface area contributed by atoms with Crippen molar-refractivity contribution < 1.29 is 96.8 Å². The number of rotatable bonds is 24. The number of carbonyl (C=O) groups is 4.